The smallest absolute Gasteiger partial charge is 0.311 e. The Bertz CT molecular complexity index is 796. The highest BCUT2D eigenvalue weighted by molar-refractivity contribution is 7.29. The molecule has 1 aliphatic heterocycles. The maximum atomic E-state index is 12.8. The molecule has 2 atom stereocenters. The molecule has 0 radical (unpaired) electrons. The number of hydrogen-bond acceptors (Lipinski definition) is 6. The predicted octanol–water partition coefficient (Wildman–Crippen LogP) is 2.75. The first-order valence-electron chi connectivity index (χ1n) is 8.01. The highest BCUT2D eigenvalue weighted by Gasteiger charge is 2.55. The molecule has 6 nitrogen and oxygen atoms in total. The van der Waals surface area contributed by atoms with Gasteiger partial charge in [-0.15, -0.1) is 11.3 Å². The number of aromatic nitrogens is 1. The lowest BCUT2D eigenvalue weighted by atomic mass is 9.81. The monoisotopic (exact) mass is 365 g/mol. The molecule has 0 aromatic carbocycles. The van der Waals surface area contributed by atoms with Crippen LogP contribution in [0.2, 0.25) is 0 Å². The number of nitrogens with zero attached hydrogens (tertiary/aromatic N) is 3. The Morgan fingerprint density at radius 3 is 2.83 bits per heavy atom. The van der Waals surface area contributed by atoms with Crippen LogP contribution in [-0.4, -0.2) is 54.1 Å². The predicted molar refractivity (Wildman–Crippen MR) is 95.1 cm³/mol. The molecule has 2 aliphatic rings. The molecule has 24 heavy (non-hydrogen) atoms. The van der Waals surface area contributed by atoms with E-state index in [1.165, 1.54) is 11.3 Å². The van der Waals surface area contributed by atoms with Crippen LogP contribution in [0.5, 0.6) is 0 Å². The number of amides is 1. The number of carboxylic acids is 1. The number of carbonyl (C=O) groups excluding carboxylic acids is 1. The number of carboxylic acid groups (broad SMARTS) is 1. The zero-order valence-corrected chi connectivity index (χ0v) is 15.2. The van der Waals surface area contributed by atoms with Crippen molar-refractivity contribution in [3.8, 4) is 0 Å². The molecule has 0 spiro atoms. The maximum Gasteiger partial charge on any atom is 0.311 e. The van der Waals surface area contributed by atoms with Gasteiger partial charge in [0.15, 0.2) is 5.13 Å². The number of thiophene rings is 1. The molecule has 0 unspecified atom stereocenters. The number of rotatable bonds is 3. The second kappa shape index (κ2) is 5.42. The molecule has 3 heterocycles. The molecule has 1 amide bonds. The summed E-state index contributed by atoms with van der Waals surface area (Å²) in [5.74, 6) is -0.699. The van der Waals surface area contributed by atoms with Gasteiger partial charge in [-0.05, 0) is 24.8 Å². The Labute approximate surface area is 147 Å². The fraction of sp³-hybridized carbons (Fsp3) is 0.562. The van der Waals surface area contributed by atoms with Crippen molar-refractivity contribution in [2.24, 2.45) is 11.3 Å². The van der Waals surface area contributed by atoms with Gasteiger partial charge in [0.05, 0.1) is 15.0 Å². The average molecular weight is 365 g/mol. The van der Waals surface area contributed by atoms with Gasteiger partial charge in [0.2, 0.25) is 0 Å². The molecule has 0 bridgehead atoms. The second-order valence-corrected chi connectivity index (χ2v) is 8.95. The van der Waals surface area contributed by atoms with Crippen molar-refractivity contribution in [2.45, 2.75) is 19.3 Å². The number of fused-ring (bicyclic) bond motifs is 2. The van der Waals surface area contributed by atoms with Gasteiger partial charge in [0.25, 0.3) is 5.91 Å². The van der Waals surface area contributed by atoms with Crippen molar-refractivity contribution >= 4 is 49.2 Å². The van der Waals surface area contributed by atoms with Crippen LogP contribution in [0.25, 0.3) is 9.53 Å². The van der Waals surface area contributed by atoms with Gasteiger partial charge in [-0.25, -0.2) is 4.98 Å². The summed E-state index contributed by atoms with van der Waals surface area (Å²) in [7, 11) is 3.89. The third kappa shape index (κ3) is 2.23. The summed E-state index contributed by atoms with van der Waals surface area (Å²) in [6.45, 7) is 0.904. The van der Waals surface area contributed by atoms with E-state index in [0.29, 0.717) is 24.4 Å². The van der Waals surface area contributed by atoms with Gasteiger partial charge < -0.3 is 14.9 Å². The minimum atomic E-state index is -0.746. The Morgan fingerprint density at radius 1 is 1.42 bits per heavy atom. The molecule has 4 rings (SSSR count). The van der Waals surface area contributed by atoms with Crippen LogP contribution in [0.15, 0.2) is 6.07 Å². The highest BCUT2D eigenvalue weighted by atomic mass is 32.1. The summed E-state index contributed by atoms with van der Waals surface area (Å²) in [5, 5.41) is 10.6. The standard InChI is InChI=1S/C16H19N3O3S2/c1-18(2)15-17-12-10(24-15)6-11(23-12)13(20)19-7-9-4-3-5-16(9,8-19)14(21)22/h6,9H,3-5,7-8H2,1-2H3,(H,21,22)/t9-,16+/m0/s1. The molecule has 1 saturated heterocycles. The van der Waals surface area contributed by atoms with Gasteiger partial charge >= 0.3 is 5.97 Å². The quantitative estimate of drug-likeness (QED) is 0.905. The van der Waals surface area contributed by atoms with Crippen LogP contribution >= 0.6 is 22.7 Å². The number of thiazole rings is 1. The minimum absolute atomic E-state index is 0.0494. The van der Waals surface area contributed by atoms with Gasteiger partial charge in [0, 0.05) is 27.2 Å². The van der Waals surface area contributed by atoms with Crippen LogP contribution in [0, 0.1) is 11.3 Å². The van der Waals surface area contributed by atoms with Crippen molar-refractivity contribution in [2.75, 3.05) is 32.1 Å². The van der Waals surface area contributed by atoms with Crippen molar-refractivity contribution in [1.82, 2.24) is 9.88 Å². The van der Waals surface area contributed by atoms with Gasteiger partial charge in [-0.2, -0.15) is 0 Å². The summed E-state index contributed by atoms with van der Waals surface area (Å²) >= 11 is 2.97. The zero-order valence-electron chi connectivity index (χ0n) is 13.6. The lowest BCUT2D eigenvalue weighted by Crippen LogP contribution is -2.37. The molecular formula is C16H19N3O3S2. The van der Waals surface area contributed by atoms with Crippen LogP contribution in [-0.2, 0) is 4.79 Å². The van der Waals surface area contributed by atoms with Crippen molar-refractivity contribution < 1.29 is 14.7 Å². The molecule has 1 aliphatic carbocycles. The number of likely N-dealkylation sites (tertiary alicyclic amines) is 1. The fourth-order valence-corrected chi connectivity index (χ4v) is 6.07. The molecule has 1 N–H and O–H groups in total. The molecule has 2 aromatic heterocycles. The largest absolute Gasteiger partial charge is 0.481 e. The average Bonchev–Trinajstić information content (AvgIpc) is 3.22. The highest BCUT2D eigenvalue weighted by Crippen LogP contribution is 2.49. The molecule has 1 saturated carbocycles. The van der Waals surface area contributed by atoms with E-state index in [-0.39, 0.29) is 11.8 Å². The summed E-state index contributed by atoms with van der Waals surface area (Å²) < 4.78 is 1.01. The van der Waals surface area contributed by atoms with Crippen molar-refractivity contribution in [1.29, 1.82) is 0 Å². The van der Waals surface area contributed by atoms with Crippen molar-refractivity contribution in [3.05, 3.63) is 10.9 Å². The summed E-state index contributed by atoms with van der Waals surface area (Å²) in [6, 6.07) is 1.90. The Balaban J connectivity index is 1.58. The van der Waals surface area contributed by atoms with Crippen LogP contribution in [0.3, 0.4) is 0 Å². The maximum absolute atomic E-state index is 12.8. The summed E-state index contributed by atoms with van der Waals surface area (Å²) in [5.41, 5.74) is -0.722. The third-order valence-corrected chi connectivity index (χ3v) is 7.57. The molecule has 8 heteroatoms. The summed E-state index contributed by atoms with van der Waals surface area (Å²) in [6.07, 6.45) is 2.54. The van der Waals surface area contributed by atoms with E-state index < -0.39 is 11.4 Å². The Hall–Kier alpha value is -1.67. The Kier molecular flexibility index (Phi) is 3.58. The molecule has 128 valence electrons. The third-order valence-electron chi connectivity index (χ3n) is 5.26. The van der Waals surface area contributed by atoms with Crippen LogP contribution in [0.1, 0.15) is 28.9 Å². The fourth-order valence-electron chi connectivity index (χ4n) is 3.97. The van der Waals surface area contributed by atoms with Crippen LogP contribution in [0.4, 0.5) is 5.13 Å². The normalized spacial score (nSPS) is 26.1. The summed E-state index contributed by atoms with van der Waals surface area (Å²) in [4.78, 5) is 34.4. The number of hydrogen-bond donors (Lipinski definition) is 1. The van der Waals surface area contributed by atoms with E-state index in [4.69, 9.17) is 0 Å². The van der Waals surface area contributed by atoms with E-state index in [1.807, 2.05) is 25.1 Å². The lowest BCUT2D eigenvalue weighted by Gasteiger charge is -2.23. The topological polar surface area (TPSA) is 73.7 Å². The van der Waals surface area contributed by atoms with Gasteiger partial charge in [0.1, 0.15) is 4.83 Å². The first-order valence-corrected chi connectivity index (χ1v) is 9.64. The van der Waals surface area contributed by atoms with E-state index in [0.717, 1.165) is 27.5 Å². The first kappa shape index (κ1) is 15.8. The zero-order chi connectivity index (χ0) is 17.1. The van der Waals surface area contributed by atoms with E-state index >= 15 is 0 Å². The molecular weight excluding hydrogens is 346 g/mol. The van der Waals surface area contributed by atoms with E-state index in [2.05, 4.69) is 4.98 Å². The van der Waals surface area contributed by atoms with Crippen LogP contribution < -0.4 is 4.90 Å². The first-order chi connectivity index (χ1) is 11.4. The van der Waals surface area contributed by atoms with Crippen molar-refractivity contribution in [3.63, 3.8) is 0 Å². The SMILES string of the molecule is CN(C)c1nc2sc(C(=O)N3C[C@@H]4CCC[C@@]4(C(=O)O)C3)cc2s1. The molecule has 2 aromatic rings. The van der Waals surface area contributed by atoms with E-state index in [1.54, 1.807) is 16.2 Å². The number of aliphatic carboxylic acids is 1. The number of anilines is 1. The minimum Gasteiger partial charge on any atom is -0.481 e. The van der Waals surface area contributed by atoms with E-state index in [9.17, 15) is 14.7 Å². The molecule has 2 fully saturated rings. The second-order valence-electron chi connectivity index (χ2n) is 6.91. The van der Waals surface area contributed by atoms with Gasteiger partial charge in [-0.1, -0.05) is 17.8 Å². The number of carbonyl (C=O) groups is 2. The van der Waals surface area contributed by atoms with Gasteiger partial charge in [-0.3, -0.25) is 9.59 Å². The Morgan fingerprint density at radius 2 is 2.21 bits per heavy atom. The lowest BCUT2D eigenvalue weighted by molar-refractivity contribution is -0.149.